The van der Waals surface area contributed by atoms with E-state index < -0.39 is 0 Å². The van der Waals surface area contributed by atoms with Crippen molar-refractivity contribution < 1.29 is 4.79 Å². The monoisotopic (exact) mass is 127 g/mol. The van der Waals surface area contributed by atoms with E-state index in [2.05, 4.69) is 12.2 Å². The summed E-state index contributed by atoms with van der Waals surface area (Å²) in [5, 5.41) is 3.15. The summed E-state index contributed by atoms with van der Waals surface area (Å²) in [5.74, 6) is -0.0588. The molecular formula is C6H11N2O. The highest BCUT2D eigenvalue weighted by atomic mass is 16.2. The molecule has 9 heavy (non-hydrogen) atoms. The van der Waals surface area contributed by atoms with Crippen LogP contribution in [0.3, 0.4) is 0 Å². The molecular weight excluding hydrogens is 116 g/mol. The van der Waals surface area contributed by atoms with Crippen LogP contribution < -0.4 is 5.32 Å². The highest BCUT2D eigenvalue weighted by molar-refractivity contribution is 5.80. The van der Waals surface area contributed by atoms with Crippen LogP contribution in [-0.2, 0) is 4.79 Å². The first-order chi connectivity index (χ1) is 4.30. The van der Waals surface area contributed by atoms with Crippen LogP contribution in [0.5, 0.6) is 0 Å². The van der Waals surface area contributed by atoms with Gasteiger partial charge < -0.3 is 10.2 Å². The molecule has 0 saturated carbocycles. The zero-order valence-electron chi connectivity index (χ0n) is 5.39. The first-order valence-electron chi connectivity index (χ1n) is 3.12. The Bertz CT molecular complexity index is 108. The third kappa shape index (κ3) is 1.68. The lowest BCUT2D eigenvalue weighted by molar-refractivity contribution is -0.126. The van der Waals surface area contributed by atoms with Crippen molar-refractivity contribution in [3.05, 3.63) is 6.92 Å². The summed E-state index contributed by atoms with van der Waals surface area (Å²) in [4.78, 5) is 12.3. The minimum atomic E-state index is -0.0588. The van der Waals surface area contributed by atoms with E-state index in [-0.39, 0.29) is 5.91 Å². The van der Waals surface area contributed by atoms with Crippen molar-refractivity contribution >= 4 is 5.91 Å². The Morgan fingerprint density at radius 3 is 2.33 bits per heavy atom. The summed E-state index contributed by atoms with van der Waals surface area (Å²) in [5.41, 5.74) is 0. The Kier molecular flexibility index (Phi) is 2.05. The molecule has 0 bridgehead atoms. The fourth-order valence-corrected chi connectivity index (χ4v) is 0.914. The molecule has 1 heterocycles. The number of hydrogen-bond acceptors (Lipinski definition) is 2. The Labute approximate surface area is 55.0 Å². The first-order valence-corrected chi connectivity index (χ1v) is 3.12. The van der Waals surface area contributed by atoms with Gasteiger partial charge in [-0.3, -0.25) is 4.79 Å². The number of nitrogens with one attached hydrogen (secondary N) is 1. The van der Waals surface area contributed by atoms with Crippen LogP contribution in [0.2, 0.25) is 0 Å². The van der Waals surface area contributed by atoms with Crippen molar-refractivity contribution in [2.75, 3.05) is 26.2 Å². The van der Waals surface area contributed by atoms with Crippen molar-refractivity contribution in [1.82, 2.24) is 10.2 Å². The Morgan fingerprint density at radius 1 is 1.44 bits per heavy atom. The third-order valence-electron chi connectivity index (χ3n) is 1.47. The Balaban J connectivity index is 2.31. The Morgan fingerprint density at radius 2 is 2.00 bits per heavy atom. The fraction of sp³-hybridized carbons (Fsp3) is 0.667. The fourth-order valence-electron chi connectivity index (χ4n) is 0.914. The molecule has 1 radical (unpaired) electrons. The molecule has 0 spiro atoms. The molecule has 1 N–H and O–H groups in total. The number of rotatable bonds is 0. The molecule has 1 amide bonds. The van der Waals surface area contributed by atoms with Crippen LogP contribution in [0, 0.1) is 6.92 Å². The number of carbonyl (C=O) groups is 1. The van der Waals surface area contributed by atoms with E-state index in [9.17, 15) is 4.79 Å². The van der Waals surface area contributed by atoms with Gasteiger partial charge >= 0.3 is 0 Å². The van der Waals surface area contributed by atoms with E-state index in [0.717, 1.165) is 26.2 Å². The standard InChI is InChI=1S/C6H11N2O/c1-6(9)8-4-2-7-3-5-8/h7H,1-5H2. The molecule has 0 aromatic rings. The molecule has 0 unspecified atom stereocenters. The van der Waals surface area contributed by atoms with Crippen molar-refractivity contribution in [3.63, 3.8) is 0 Å². The zero-order chi connectivity index (χ0) is 6.69. The lowest BCUT2D eigenvalue weighted by atomic mass is 10.4. The highest BCUT2D eigenvalue weighted by Crippen LogP contribution is 1.90. The minimum Gasteiger partial charge on any atom is -0.340 e. The van der Waals surface area contributed by atoms with Crippen LogP contribution in [-0.4, -0.2) is 37.0 Å². The molecule has 0 aliphatic carbocycles. The van der Waals surface area contributed by atoms with Gasteiger partial charge in [0.2, 0.25) is 5.91 Å². The summed E-state index contributed by atoms with van der Waals surface area (Å²) in [7, 11) is 0. The SMILES string of the molecule is [CH2]C(=O)N1CCNCC1. The quantitative estimate of drug-likeness (QED) is 0.464. The number of hydrogen-bond donors (Lipinski definition) is 1. The van der Waals surface area contributed by atoms with Gasteiger partial charge in [-0.05, 0) is 0 Å². The van der Waals surface area contributed by atoms with Crippen LogP contribution in [0.1, 0.15) is 0 Å². The molecule has 0 atom stereocenters. The zero-order valence-corrected chi connectivity index (χ0v) is 5.39. The molecule has 3 heteroatoms. The van der Waals surface area contributed by atoms with Crippen LogP contribution in [0.15, 0.2) is 0 Å². The normalized spacial score (nSPS) is 19.9. The molecule has 0 aromatic carbocycles. The van der Waals surface area contributed by atoms with Crippen LogP contribution >= 0.6 is 0 Å². The summed E-state index contributed by atoms with van der Waals surface area (Å²) < 4.78 is 0. The summed E-state index contributed by atoms with van der Waals surface area (Å²) in [6, 6.07) is 0. The summed E-state index contributed by atoms with van der Waals surface area (Å²) >= 11 is 0. The highest BCUT2D eigenvalue weighted by Gasteiger charge is 2.10. The van der Waals surface area contributed by atoms with E-state index in [1.165, 1.54) is 0 Å². The van der Waals surface area contributed by atoms with Crippen molar-refractivity contribution in [1.29, 1.82) is 0 Å². The van der Waals surface area contributed by atoms with Gasteiger partial charge in [-0.25, -0.2) is 0 Å². The van der Waals surface area contributed by atoms with E-state index >= 15 is 0 Å². The molecule has 1 rings (SSSR count). The number of amides is 1. The maximum Gasteiger partial charge on any atom is 0.223 e. The predicted molar refractivity (Wildman–Crippen MR) is 34.8 cm³/mol. The summed E-state index contributed by atoms with van der Waals surface area (Å²) in [6.07, 6.45) is 0. The van der Waals surface area contributed by atoms with Gasteiger partial charge in [0.05, 0.1) is 0 Å². The average Bonchev–Trinajstić information content (AvgIpc) is 1.90. The number of piperazine rings is 1. The van der Waals surface area contributed by atoms with Crippen molar-refractivity contribution in [2.45, 2.75) is 0 Å². The lowest BCUT2D eigenvalue weighted by Crippen LogP contribution is -2.45. The molecule has 1 aliphatic heterocycles. The second kappa shape index (κ2) is 2.82. The molecule has 51 valence electrons. The Hall–Kier alpha value is -0.570. The van der Waals surface area contributed by atoms with Gasteiger partial charge in [-0.1, -0.05) is 0 Å². The second-order valence-corrected chi connectivity index (χ2v) is 2.13. The van der Waals surface area contributed by atoms with Crippen molar-refractivity contribution in [2.24, 2.45) is 0 Å². The molecule has 1 fully saturated rings. The van der Waals surface area contributed by atoms with E-state index in [1.54, 1.807) is 4.90 Å². The predicted octanol–water partition coefficient (Wildman–Crippen LogP) is -0.748. The molecule has 3 nitrogen and oxygen atoms in total. The molecule has 1 saturated heterocycles. The van der Waals surface area contributed by atoms with Crippen molar-refractivity contribution in [3.8, 4) is 0 Å². The van der Waals surface area contributed by atoms with E-state index in [1.807, 2.05) is 0 Å². The van der Waals surface area contributed by atoms with Crippen LogP contribution in [0.25, 0.3) is 0 Å². The number of nitrogens with zero attached hydrogens (tertiary/aromatic N) is 1. The van der Waals surface area contributed by atoms with E-state index in [4.69, 9.17) is 0 Å². The number of carbonyl (C=O) groups excluding carboxylic acids is 1. The van der Waals surface area contributed by atoms with Gasteiger partial charge in [0.1, 0.15) is 0 Å². The smallest absolute Gasteiger partial charge is 0.223 e. The van der Waals surface area contributed by atoms with Gasteiger partial charge in [0.25, 0.3) is 0 Å². The largest absolute Gasteiger partial charge is 0.340 e. The molecule has 1 aliphatic rings. The second-order valence-electron chi connectivity index (χ2n) is 2.13. The maximum absolute atomic E-state index is 10.6. The average molecular weight is 127 g/mol. The minimum absolute atomic E-state index is 0.0588. The van der Waals surface area contributed by atoms with Gasteiger partial charge in [0, 0.05) is 33.1 Å². The van der Waals surface area contributed by atoms with Gasteiger partial charge in [0.15, 0.2) is 0 Å². The van der Waals surface area contributed by atoms with Gasteiger partial charge in [-0.15, -0.1) is 0 Å². The first kappa shape index (κ1) is 6.55. The third-order valence-corrected chi connectivity index (χ3v) is 1.47. The lowest BCUT2D eigenvalue weighted by Gasteiger charge is -2.25. The van der Waals surface area contributed by atoms with E-state index in [0.29, 0.717) is 0 Å². The summed E-state index contributed by atoms with van der Waals surface area (Å²) in [6.45, 7) is 6.75. The van der Waals surface area contributed by atoms with Gasteiger partial charge in [-0.2, -0.15) is 0 Å². The molecule has 0 aromatic heterocycles. The maximum atomic E-state index is 10.6. The van der Waals surface area contributed by atoms with Crippen LogP contribution in [0.4, 0.5) is 0 Å². The topological polar surface area (TPSA) is 32.3 Å².